The highest BCUT2D eigenvalue weighted by molar-refractivity contribution is 5.85. The van der Waals surface area contributed by atoms with Gasteiger partial charge >= 0.3 is 0 Å². The predicted molar refractivity (Wildman–Crippen MR) is 86.9 cm³/mol. The summed E-state index contributed by atoms with van der Waals surface area (Å²) in [5, 5.41) is 3.43. The molecule has 116 valence electrons. The van der Waals surface area contributed by atoms with Gasteiger partial charge in [-0.1, -0.05) is 31.5 Å². The lowest BCUT2D eigenvalue weighted by molar-refractivity contribution is 0.128. The van der Waals surface area contributed by atoms with Crippen LogP contribution in [0.5, 0.6) is 5.75 Å². The van der Waals surface area contributed by atoms with Crippen LogP contribution in [0.25, 0.3) is 0 Å². The van der Waals surface area contributed by atoms with E-state index < -0.39 is 0 Å². The molecule has 20 heavy (non-hydrogen) atoms. The standard InChI is InChI=1S/C16H27NO2.ClH/c1-3-5-12-18-13-8-11-17-14-15-9-6-7-10-16(15)19-4-2;/h6-7,9-10,17H,3-5,8,11-14H2,1-2H3;1H. The van der Waals surface area contributed by atoms with Gasteiger partial charge in [0.1, 0.15) is 5.75 Å². The second kappa shape index (κ2) is 13.2. The Kier molecular flexibility index (Phi) is 12.7. The van der Waals surface area contributed by atoms with Crippen molar-refractivity contribution in [3.8, 4) is 5.75 Å². The molecule has 1 aromatic rings. The minimum Gasteiger partial charge on any atom is -0.494 e. The summed E-state index contributed by atoms with van der Waals surface area (Å²) in [5.74, 6) is 0.983. The van der Waals surface area contributed by atoms with Crippen LogP contribution < -0.4 is 10.1 Å². The average molecular weight is 302 g/mol. The average Bonchev–Trinajstić information content (AvgIpc) is 2.44. The molecule has 0 atom stereocenters. The third kappa shape index (κ3) is 8.41. The molecule has 1 rings (SSSR count). The van der Waals surface area contributed by atoms with Crippen molar-refractivity contribution >= 4 is 12.4 Å². The van der Waals surface area contributed by atoms with Crippen LogP contribution in [-0.4, -0.2) is 26.4 Å². The van der Waals surface area contributed by atoms with Gasteiger partial charge in [-0.05, 0) is 32.4 Å². The molecule has 0 amide bonds. The Morgan fingerprint density at radius 3 is 2.55 bits per heavy atom. The van der Waals surface area contributed by atoms with Crippen LogP contribution in [0.1, 0.15) is 38.7 Å². The van der Waals surface area contributed by atoms with Crippen molar-refractivity contribution in [3.05, 3.63) is 29.8 Å². The van der Waals surface area contributed by atoms with E-state index in [0.717, 1.165) is 44.9 Å². The molecule has 0 spiro atoms. The summed E-state index contributed by atoms with van der Waals surface area (Å²) in [6.07, 6.45) is 3.42. The summed E-state index contributed by atoms with van der Waals surface area (Å²) >= 11 is 0. The smallest absolute Gasteiger partial charge is 0.123 e. The first-order valence-corrected chi connectivity index (χ1v) is 7.37. The van der Waals surface area contributed by atoms with Gasteiger partial charge in [0.15, 0.2) is 0 Å². The van der Waals surface area contributed by atoms with Gasteiger partial charge in [-0.15, -0.1) is 12.4 Å². The van der Waals surface area contributed by atoms with Gasteiger partial charge in [-0.3, -0.25) is 0 Å². The van der Waals surface area contributed by atoms with Crippen LogP contribution in [0.15, 0.2) is 24.3 Å². The number of benzene rings is 1. The minimum absolute atomic E-state index is 0. The fourth-order valence-electron chi connectivity index (χ4n) is 1.82. The monoisotopic (exact) mass is 301 g/mol. The molecule has 0 unspecified atom stereocenters. The number of hydrogen-bond donors (Lipinski definition) is 1. The van der Waals surface area contributed by atoms with Crippen molar-refractivity contribution in [1.29, 1.82) is 0 Å². The molecule has 0 fully saturated rings. The van der Waals surface area contributed by atoms with E-state index in [1.165, 1.54) is 12.0 Å². The second-order valence-corrected chi connectivity index (χ2v) is 4.54. The van der Waals surface area contributed by atoms with Crippen molar-refractivity contribution in [1.82, 2.24) is 5.32 Å². The first-order chi connectivity index (χ1) is 9.38. The molecular formula is C16H28ClNO2. The Morgan fingerprint density at radius 2 is 1.80 bits per heavy atom. The van der Waals surface area contributed by atoms with E-state index in [0.29, 0.717) is 6.61 Å². The van der Waals surface area contributed by atoms with E-state index in [1.54, 1.807) is 0 Å². The maximum atomic E-state index is 5.59. The molecule has 0 aliphatic heterocycles. The van der Waals surface area contributed by atoms with Crippen molar-refractivity contribution in [2.75, 3.05) is 26.4 Å². The Bertz CT molecular complexity index is 334. The van der Waals surface area contributed by atoms with E-state index in [4.69, 9.17) is 9.47 Å². The van der Waals surface area contributed by atoms with E-state index in [-0.39, 0.29) is 12.4 Å². The van der Waals surface area contributed by atoms with Crippen LogP contribution in [0.3, 0.4) is 0 Å². The quantitative estimate of drug-likeness (QED) is 0.631. The zero-order valence-electron chi connectivity index (χ0n) is 12.7. The largest absolute Gasteiger partial charge is 0.494 e. The topological polar surface area (TPSA) is 30.5 Å². The molecule has 0 saturated carbocycles. The number of para-hydroxylation sites is 1. The van der Waals surface area contributed by atoms with Crippen LogP contribution in [0.4, 0.5) is 0 Å². The van der Waals surface area contributed by atoms with Crippen molar-refractivity contribution in [2.45, 2.75) is 39.7 Å². The van der Waals surface area contributed by atoms with Crippen LogP contribution in [-0.2, 0) is 11.3 Å². The molecule has 4 heteroatoms. The maximum absolute atomic E-state index is 5.59. The van der Waals surface area contributed by atoms with Crippen molar-refractivity contribution in [2.24, 2.45) is 0 Å². The molecular weight excluding hydrogens is 274 g/mol. The van der Waals surface area contributed by atoms with Gasteiger partial charge in [0.25, 0.3) is 0 Å². The minimum atomic E-state index is 0. The third-order valence-electron chi connectivity index (χ3n) is 2.87. The zero-order chi connectivity index (χ0) is 13.8. The van der Waals surface area contributed by atoms with Gasteiger partial charge in [-0.25, -0.2) is 0 Å². The molecule has 0 aromatic heterocycles. The zero-order valence-corrected chi connectivity index (χ0v) is 13.5. The van der Waals surface area contributed by atoms with Gasteiger partial charge in [0, 0.05) is 25.3 Å². The van der Waals surface area contributed by atoms with Crippen molar-refractivity contribution < 1.29 is 9.47 Å². The third-order valence-corrected chi connectivity index (χ3v) is 2.87. The Hall–Kier alpha value is -0.770. The first-order valence-electron chi connectivity index (χ1n) is 7.37. The summed E-state index contributed by atoms with van der Waals surface area (Å²) in [7, 11) is 0. The molecule has 1 aromatic carbocycles. The van der Waals surface area contributed by atoms with E-state index in [1.807, 2.05) is 25.1 Å². The molecule has 0 aliphatic carbocycles. The van der Waals surface area contributed by atoms with Gasteiger partial charge in [0.05, 0.1) is 6.61 Å². The van der Waals surface area contributed by atoms with Gasteiger partial charge in [0.2, 0.25) is 0 Å². The number of ether oxygens (including phenoxy) is 2. The molecule has 0 radical (unpaired) electrons. The van der Waals surface area contributed by atoms with E-state index in [2.05, 4.69) is 18.3 Å². The highest BCUT2D eigenvalue weighted by Crippen LogP contribution is 2.17. The summed E-state index contributed by atoms with van der Waals surface area (Å²) in [6, 6.07) is 8.19. The molecule has 0 heterocycles. The highest BCUT2D eigenvalue weighted by Gasteiger charge is 2.01. The normalized spacial score (nSPS) is 10.1. The predicted octanol–water partition coefficient (Wildman–Crippen LogP) is 3.80. The lowest BCUT2D eigenvalue weighted by Gasteiger charge is -2.11. The van der Waals surface area contributed by atoms with Crippen LogP contribution in [0.2, 0.25) is 0 Å². The lowest BCUT2D eigenvalue weighted by atomic mass is 10.2. The summed E-state index contributed by atoms with van der Waals surface area (Å²) in [5.41, 5.74) is 1.22. The lowest BCUT2D eigenvalue weighted by Crippen LogP contribution is -2.17. The molecule has 1 N–H and O–H groups in total. The maximum Gasteiger partial charge on any atom is 0.123 e. The highest BCUT2D eigenvalue weighted by atomic mass is 35.5. The second-order valence-electron chi connectivity index (χ2n) is 4.54. The molecule has 0 bridgehead atoms. The summed E-state index contributed by atoms with van der Waals surface area (Å²) in [6.45, 7) is 8.47. The fourth-order valence-corrected chi connectivity index (χ4v) is 1.82. The Morgan fingerprint density at radius 1 is 1.05 bits per heavy atom. The first kappa shape index (κ1) is 19.2. The number of nitrogens with one attached hydrogen (secondary N) is 1. The number of hydrogen-bond acceptors (Lipinski definition) is 3. The van der Waals surface area contributed by atoms with E-state index in [9.17, 15) is 0 Å². The SMILES string of the molecule is CCCCOCCCNCc1ccccc1OCC.Cl. The van der Waals surface area contributed by atoms with Crippen LogP contribution >= 0.6 is 12.4 Å². The fraction of sp³-hybridized carbons (Fsp3) is 0.625. The summed E-state index contributed by atoms with van der Waals surface area (Å²) < 4.78 is 11.1. The number of halogens is 1. The Balaban J connectivity index is 0.00000361. The number of rotatable bonds is 11. The van der Waals surface area contributed by atoms with Gasteiger partial charge in [-0.2, -0.15) is 0 Å². The Labute approximate surface area is 129 Å². The molecule has 3 nitrogen and oxygen atoms in total. The molecule has 0 saturated heterocycles. The van der Waals surface area contributed by atoms with Crippen LogP contribution in [0, 0.1) is 0 Å². The summed E-state index contributed by atoms with van der Waals surface area (Å²) in [4.78, 5) is 0. The van der Waals surface area contributed by atoms with Crippen molar-refractivity contribution in [3.63, 3.8) is 0 Å². The van der Waals surface area contributed by atoms with E-state index >= 15 is 0 Å². The van der Waals surface area contributed by atoms with Gasteiger partial charge < -0.3 is 14.8 Å². The molecule has 0 aliphatic rings. The number of unbranched alkanes of at least 4 members (excludes halogenated alkanes) is 1.